The Balaban J connectivity index is 1.61. The molecule has 4 nitrogen and oxygen atoms in total. The number of aromatic nitrogens is 2. The van der Waals surface area contributed by atoms with Crippen LogP contribution in [0.3, 0.4) is 0 Å². The van der Waals surface area contributed by atoms with Crippen LogP contribution in [0.5, 0.6) is 0 Å². The minimum absolute atomic E-state index is 0.0577. The van der Waals surface area contributed by atoms with E-state index in [1.165, 1.54) is 4.88 Å². The maximum Gasteiger partial charge on any atom is 0.271 e. The third kappa shape index (κ3) is 4.15. The zero-order valence-corrected chi connectivity index (χ0v) is 22.8. The van der Waals surface area contributed by atoms with E-state index in [0.717, 1.165) is 40.1 Å². The van der Waals surface area contributed by atoms with Gasteiger partial charge in [0.15, 0.2) is 12.7 Å². The molecule has 4 aromatic rings. The molecule has 3 aromatic heterocycles. The molecule has 0 spiro atoms. The highest BCUT2D eigenvalue weighted by Crippen LogP contribution is 2.46. The van der Waals surface area contributed by atoms with Crippen LogP contribution in [0.25, 0.3) is 11.1 Å². The van der Waals surface area contributed by atoms with E-state index < -0.39 is 0 Å². The van der Waals surface area contributed by atoms with Gasteiger partial charge in [0, 0.05) is 23.5 Å². The van der Waals surface area contributed by atoms with Gasteiger partial charge in [-0.05, 0) is 53.2 Å². The zero-order valence-electron chi connectivity index (χ0n) is 17.2. The van der Waals surface area contributed by atoms with Gasteiger partial charge in [-0.25, -0.2) is 0 Å². The molecule has 1 aromatic carbocycles. The number of nitrogens with zero attached hydrogens (tertiary/aromatic N) is 3. The van der Waals surface area contributed by atoms with Crippen LogP contribution >= 0.6 is 73.3 Å². The summed E-state index contributed by atoms with van der Waals surface area (Å²) >= 11 is 16.3. The number of benzene rings is 1. The van der Waals surface area contributed by atoms with Crippen LogP contribution in [0.15, 0.2) is 55.4 Å². The lowest BCUT2D eigenvalue weighted by atomic mass is 10.3. The van der Waals surface area contributed by atoms with Gasteiger partial charge in [-0.2, -0.15) is 4.57 Å². The van der Waals surface area contributed by atoms with Gasteiger partial charge in [-0.3, -0.25) is 9.36 Å². The third-order valence-electron chi connectivity index (χ3n) is 5.13. The van der Waals surface area contributed by atoms with Crippen molar-refractivity contribution in [3.63, 3.8) is 0 Å². The molecule has 0 amide bonds. The quantitative estimate of drug-likeness (QED) is 0.319. The zero-order chi connectivity index (χ0) is 22.4. The molecule has 10 heteroatoms. The molecule has 0 unspecified atom stereocenters. The predicted molar refractivity (Wildman–Crippen MR) is 142 cm³/mol. The third-order valence-corrected chi connectivity index (χ3v) is 10.3. The highest BCUT2D eigenvalue weighted by molar-refractivity contribution is 9.11. The fourth-order valence-corrected chi connectivity index (χ4v) is 8.64. The Hall–Kier alpha value is -1.36. The number of anilines is 1. The molecule has 0 N–H and O–H groups in total. The minimum atomic E-state index is 0.0577. The number of fused-ring (bicyclic) bond motifs is 1. The number of hydrogen-bond donors (Lipinski definition) is 0. The summed E-state index contributed by atoms with van der Waals surface area (Å²) in [6.45, 7) is 3.46. The summed E-state index contributed by atoms with van der Waals surface area (Å²) in [5, 5.41) is 4.88. The summed E-state index contributed by atoms with van der Waals surface area (Å²) in [4.78, 5) is 17.8. The van der Waals surface area contributed by atoms with Crippen molar-refractivity contribution in [1.29, 1.82) is 0 Å². The van der Waals surface area contributed by atoms with Crippen molar-refractivity contribution in [3.05, 3.63) is 80.2 Å². The molecular weight excluding hydrogens is 566 g/mol. The van der Waals surface area contributed by atoms with Crippen LogP contribution in [0, 0.1) is 0 Å². The molecule has 0 saturated heterocycles. The first-order chi connectivity index (χ1) is 15.4. The SMILES string of the molecule is CCn1c(=O)/c(=C2\Sc3cc(Cl)ccc3N2C)s/c1=C\c1scc[n+]1Cc1ccc(Br)s1. The van der Waals surface area contributed by atoms with Gasteiger partial charge in [0.25, 0.3) is 10.6 Å². The van der Waals surface area contributed by atoms with Gasteiger partial charge in [0.2, 0.25) is 0 Å². The number of thiazole rings is 2. The molecule has 1 aliphatic heterocycles. The lowest BCUT2D eigenvalue weighted by Crippen LogP contribution is -2.36. The largest absolute Gasteiger partial charge is 0.337 e. The number of halogens is 2. The summed E-state index contributed by atoms with van der Waals surface area (Å²) in [6.07, 6.45) is 4.24. The fraction of sp³-hybridized carbons (Fsp3) is 0.182. The van der Waals surface area contributed by atoms with Crippen molar-refractivity contribution in [1.82, 2.24) is 4.57 Å². The van der Waals surface area contributed by atoms with E-state index in [1.807, 2.05) is 36.7 Å². The van der Waals surface area contributed by atoms with E-state index in [9.17, 15) is 4.79 Å². The summed E-state index contributed by atoms with van der Waals surface area (Å²) in [6, 6.07) is 10.1. The van der Waals surface area contributed by atoms with Crippen LogP contribution in [0.1, 0.15) is 16.8 Å². The van der Waals surface area contributed by atoms with Crippen molar-refractivity contribution < 1.29 is 4.57 Å². The van der Waals surface area contributed by atoms with Crippen molar-refractivity contribution in [3.8, 4) is 0 Å². The molecule has 5 rings (SSSR count). The Morgan fingerprint density at radius 2 is 2.06 bits per heavy atom. The van der Waals surface area contributed by atoms with Crippen molar-refractivity contribution in [2.75, 3.05) is 11.9 Å². The first kappa shape index (κ1) is 22.4. The van der Waals surface area contributed by atoms with Gasteiger partial charge >= 0.3 is 0 Å². The molecule has 1 aliphatic rings. The average Bonchev–Trinajstić information content (AvgIpc) is 3.51. The summed E-state index contributed by atoms with van der Waals surface area (Å²) in [5.41, 5.74) is 1.14. The maximum atomic E-state index is 13.3. The van der Waals surface area contributed by atoms with Crippen molar-refractivity contribution in [2.45, 2.75) is 24.9 Å². The molecule has 0 aliphatic carbocycles. The normalized spacial score (nSPS) is 15.6. The monoisotopic (exact) mass is 582 g/mol. The molecule has 0 radical (unpaired) electrons. The highest BCUT2D eigenvalue weighted by Gasteiger charge is 2.25. The maximum absolute atomic E-state index is 13.3. The van der Waals surface area contributed by atoms with Gasteiger partial charge in [-0.1, -0.05) is 34.7 Å². The number of rotatable bonds is 4. The highest BCUT2D eigenvalue weighted by atomic mass is 79.9. The van der Waals surface area contributed by atoms with Crippen LogP contribution in [0.2, 0.25) is 5.02 Å². The van der Waals surface area contributed by atoms with E-state index in [0.29, 0.717) is 11.6 Å². The molecule has 32 heavy (non-hydrogen) atoms. The Morgan fingerprint density at radius 3 is 2.81 bits per heavy atom. The second-order valence-electron chi connectivity index (χ2n) is 7.12. The number of thiophene rings is 1. The molecule has 4 heterocycles. The van der Waals surface area contributed by atoms with Crippen LogP contribution in [0.4, 0.5) is 5.69 Å². The first-order valence-corrected chi connectivity index (χ1v) is 14.3. The van der Waals surface area contributed by atoms with E-state index in [-0.39, 0.29) is 5.56 Å². The van der Waals surface area contributed by atoms with Gasteiger partial charge in [-0.15, -0.1) is 22.7 Å². The Kier molecular flexibility index (Phi) is 6.39. The van der Waals surface area contributed by atoms with Gasteiger partial charge in [0.05, 0.1) is 25.8 Å². The lowest BCUT2D eigenvalue weighted by molar-refractivity contribution is -0.684. The average molecular weight is 584 g/mol. The lowest BCUT2D eigenvalue weighted by Gasteiger charge is -2.12. The Labute approximate surface area is 214 Å². The fourth-order valence-electron chi connectivity index (χ4n) is 3.57. The Bertz CT molecular complexity index is 1500. The van der Waals surface area contributed by atoms with Crippen molar-refractivity contribution in [2.24, 2.45) is 0 Å². The summed E-state index contributed by atoms with van der Waals surface area (Å²) < 4.78 is 6.96. The molecular formula is C22H18BrClN3OS4+. The summed E-state index contributed by atoms with van der Waals surface area (Å²) in [7, 11) is 2.01. The molecule has 164 valence electrons. The van der Waals surface area contributed by atoms with Crippen LogP contribution in [-0.4, -0.2) is 11.6 Å². The number of hydrogen-bond acceptors (Lipinski definition) is 6. The molecule has 0 atom stereocenters. The standard InChI is InChI=1S/C22H18BrClN3OS4/c1-3-27-19(11-18-26(8-9-29-18)12-14-5-7-17(23)30-14)32-20(21(27)28)22-25(2)15-6-4-13(24)10-16(15)31-22/h4-11H,3,12H2,1-2H3/q+1/b22-20+. The van der Waals surface area contributed by atoms with Crippen LogP contribution in [-0.2, 0) is 13.1 Å². The van der Waals surface area contributed by atoms with Crippen LogP contribution < -0.4 is 24.2 Å². The summed E-state index contributed by atoms with van der Waals surface area (Å²) in [5.74, 6) is 0. The van der Waals surface area contributed by atoms with E-state index in [4.69, 9.17) is 11.6 Å². The minimum Gasteiger partial charge on any atom is -0.337 e. The van der Waals surface area contributed by atoms with E-state index in [2.05, 4.69) is 55.2 Å². The topological polar surface area (TPSA) is 29.1 Å². The smallest absolute Gasteiger partial charge is 0.271 e. The van der Waals surface area contributed by atoms with Crippen molar-refractivity contribution >= 4 is 90.1 Å². The molecule has 0 saturated carbocycles. The molecule has 0 bridgehead atoms. The van der Waals surface area contributed by atoms with E-state index in [1.54, 1.807) is 45.8 Å². The molecule has 0 fully saturated rings. The second kappa shape index (κ2) is 9.12. The van der Waals surface area contributed by atoms with Gasteiger partial charge < -0.3 is 4.90 Å². The predicted octanol–water partition coefficient (Wildman–Crippen LogP) is 4.94. The second-order valence-corrected chi connectivity index (χ2v) is 13.1. The Morgan fingerprint density at radius 1 is 1.22 bits per heavy atom. The van der Waals surface area contributed by atoms with E-state index >= 15 is 0 Å². The number of thioether (sulfide) groups is 1. The van der Waals surface area contributed by atoms with Gasteiger partial charge in [0.1, 0.15) is 14.2 Å². The first-order valence-electron chi connectivity index (χ1n) is 9.82.